The fraction of sp³-hybridized carbons (Fsp3) is 0.444. The van der Waals surface area contributed by atoms with Crippen molar-refractivity contribution >= 4 is 12.1 Å². The lowest BCUT2D eigenvalue weighted by Crippen LogP contribution is -2.19. The quantitative estimate of drug-likeness (QED) is 0.474. The van der Waals surface area contributed by atoms with Crippen molar-refractivity contribution in [1.29, 1.82) is 0 Å². The molecule has 5 heteroatoms. The highest BCUT2D eigenvalue weighted by Crippen LogP contribution is 2.17. The number of ether oxygens (including phenoxy) is 3. The normalized spacial score (nSPS) is 19.1. The lowest BCUT2D eigenvalue weighted by molar-refractivity contribution is -0.142. The fourth-order valence-electron chi connectivity index (χ4n) is 2.31. The van der Waals surface area contributed by atoms with E-state index in [4.69, 9.17) is 14.2 Å². The van der Waals surface area contributed by atoms with Crippen LogP contribution in [0.3, 0.4) is 0 Å². The topological polar surface area (TPSA) is 61.8 Å². The third-order valence-corrected chi connectivity index (χ3v) is 3.52. The van der Waals surface area contributed by atoms with Gasteiger partial charge in [0, 0.05) is 6.92 Å². The number of hydrogen-bond donors (Lipinski definition) is 0. The van der Waals surface area contributed by atoms with E-state index in [0.29, 0.717) is 5.75 Å². The number of carbonyl (C=O) groups excluding carboxylic acids is 2. The minimum Gasteiger partial charge on any atom is -0.461 e. The predicted molar refractivity (Wildman–Crippen MR) is 85.0 cm³/mol. The van der Waals surface area contributed by atoms with Crippen LogP contribution in [0.1, 0.15) is 44.6 Å². The highest BCUT2D eigenvalue weighted by atomic mass is 16.7. The molecule has 0 saturated heterocycles. The van der Waals surface area contributed by atoms with Gasteiger partial charge in [-0.1, -0.05) is 24.6 Å². The Morgan fingerprint density at radius 2 is 1.91 bits per heavy atom. The van der Waals surface area contributed by atoms with E-state index in [2.05, 4.69) is 6.08 Å². The average Bonchev–Trinajstić information content (AvgIpc) is 2.49. The summed E-state index contributed by atoms with van der Waals surface area (Å²) in [6.45, 7) is 1.56. The smallest absolute Gasteiger partial charge is 0.461 e. The van der Waals surface area contributed by atoms with Gasteiger partial charge in [-0.05, 0) is 49.5 Å². The van der Waals surface area contributed by atoms with Crippen molar-refractivity contribution in [1.82, 2.24) is 0 Å². The maximum Gasteiger partial charge on any atom is 0.514 e. The first-order valence-corrected chi connectivity index (χ1v) is 7.91. The second-order valence-corrected chi connectivity index (χ2v) is 5.50. The number of benzene rings is 1. The summed E-state index contributed by atoms with van der Waals surface area (Å²) in [5, 5.41) is 0. The number of rotatable bonds is 4. The minimum atomic E-state index is -0.701. The van der Waals surface area contributed by atoms with Gasteiger partial charge in [-0.3, -0.25) is 4.79 Å². The summed E-state index contributed by atoms with van der Waals surface area (Å²) >= 11 is 0. The van der Waals surface area contributed by atoms with E-state index in [9.17, 15) is 9.59 Å². The Morgan fingerprint density at radius 3 is 2.65 bits per heavy atom. The van der Waals surface area contributed by atoms with Crippen LogP contribution >= 0.6 is 0 Å². The van der Waals surface area contributed by atoms with Crippen molar-refractivity contribution in [2.45, 2.75) is 51.7 Å². The molecule has 0 aliphatic heterocycles. The van der Waals surface area contributed by atoms with E-state index in [1.165, 1.54) is 13.3 Å². The largest absolute Gasteiger partial charge is 0.514 e. The van der Waals surface area contributed by atoms with Gasteiger partial charge in [-0.15, -0.1) is 0 Å². The zero-order valence-corrected chi connectivity index (χ0v) is 13.3. The molecule has 1 aromatic carbocycles. The van der Waals surface area contributed by atoms with Gasteiger partial charge in [0.2, 0.25) is 0 Å². The van der Waals surface area contributed by atoms with Crippen LogP contribution in [0, 0.1) is 0 Å². The molecule has 1 aliphatic carbocycles. The van der Waals surface area contributed by atoms with Crippen LogP contribution < -0.4 is 4.74 Å². The average molecular weight is 318 g/mol. The van der Waals surface area contributed by atoms with E-state index >= 15 is 0 Å². The van der Waals surface area contributed by atoms with Crippen molar-refractivity contribution in [2.75, 3.05) is 0 Å². The highest BCUT2D eigenvalue weighted by molar-refractivity contribution is 5.66. The zero-order chi connectivity index (χ0) is 16.5. The van der Waals surface area contributed by atoms with Gasteiger partial charge in [0.1, 0.15) is 18.5 Å². The van der Waals surface area contributed by atoms with Crippen molar-refractivity contribution in [3.05, 3.63) is 42.0 Å². The van der Waals surface area contributed by atoms with Crippen LogP contribution in [-0.2, 0) is 20.9 Å². The van der Waals surface area contributed by atoms with Gasteiger partial charge in [-0.2, -0.15) is 0 Å². The maximum absolute atomic E-state index is 11.8. The number of allylic oxidation sites excluding steroid dienone is 1. The summed E-state index contributed by atoms with van der Waals surface area (Å²) < 4.78 is 15.4. The van der Waals surface area contributed by atoms with Crippen LogP contribution in [0.4, 0.5) is 4.79 Å². The Balaban J connectivity index is 1.82. The molecule has 0 N–H and O–H groups in total. The standard InChI is InChI=1S/C18H22O5/c1-14(19)21-13-15-9-11-17(12-10-15)23-18(20)22-16-7-5-3-2-4-6-8-16/h5,7,9-12,16H,2-4,6,8,13H2,1H3/b7-5+. The molecular weight excluding hydrogens is 296 g/mol. The first-order chi connectivity index (χ1) is 11.1. The molecule has 0 radical (unpaired) electrons. The van der Waals surface area contributed by atoms with Crippen molar-refractivity contribution < 1.29 is 23.8 Å². The molecule has 124 valence electrons. The monoisotopic (exact) mass is 318 g/mol. The predicted octanol–water partition coefficient (Wildman–Crippen LogP) is 4.15. The lowest BCUT2D eigenvalue weighted by atomic mass is 10.0. The Bertz CT molecular complexity index is 547. The number of hydrogen-bond acceptors (Lipinski definition) is 5. The molecule has 0 fully saturated rings. The molecule has 0 amide bonds. The number of esters is 1. The molecule has 0 saturated carbocycles. The third kappa shape index (κ3) is 6.55. The molecule has 2 rings (SSSR count). The van der Waals surface area contributed by atoms with E-state index in [0.717, 1.165) is 31.2 Å². The van der Waals surface area contributed by atoms with Crippen LogP contribution in [0.2, 0.25) is 0 Å². The Labute approximate surface area is 136 Å². The van der Waals surface area contributed by atoms with Crippen LogP contribution in [0.25, 0.3) is 0 Å². The molecule has 1 unspecified atom stereocenters. The number of carbonyl (C=O) groups is 2. The molecule has 5 nitrogen and oxygen atoms in total. The van der Waals surface area contributed by atoms with Gasteiger partial charge >= 0.3 is 12.1 Å². The van der Waals surface area contributed by atoms with Crippen molar-refractivity contribution in [3.63, 3.8) is 0 Å². The van der Waals surface area contributed by atoms with Crippen LogP contribution in [0.15, 0.2) is 36.4 Å². The molecule has 0 aromatic heterocycles. The second-order valence-electron chi connectivity index (χ2n) is 5.50. The molecular formula is C18H22O5. The van der Waals surface area contributed by atoms with Crippen molar-refractivity contribution in [3.8, 4) is 5.75 Å². The van der Waals surface area contributed by atoms with Crippen LogP contribution in [-0.4, -0.2) is 18.2 Å². The summed E-state index contributed by atoms with van der Waals surface area (Å²) in [7, 11) is 0. The summed E-state index contributed by atoms with van der Waals surface area (Å²) in [4.78, 5) is 22.6. The van der Waals surface area contributed by atoms with Gasteiger partial charge in [0.05, 0.1) is 0 Å². The molecule has 1 aromatic rings. The summed E-state index contributed by atoms with van der Waals surface area (Å²) in [5.74, 6) is 0.0672. The van der Waals surface area contributed by atoms with Gasteiger partial charge in [0.15, 0.2) is 0 Å². The first kappa shape index (κ1) is 17.1. The maximum atomic E-state index is 11.8. The molecule has 23 heavy (non-hydrogen) atoms. The molecule has 0 bridgehead atoms. The summed E-state index contributed by atoms with van der Waals surface area (Å²) in [5.41, 5.74) is 0.823. The van der Waals surface area contributed by atoms with E-state index in [1.54, 1.807) is 24.3 Å². The van der Waals surface area contributed by atoms with E-state index in [-0.39, 0.29) is 18.7 Å². The Kier molecular flexibility index (Phi) is 6.66. The van der Waals surface area contributed by atoms with Gasteiger partial charge < -0.3 is 14.2 Å². The van der Waals surface area contributed by atoms with E-state index < -0.39 is 6.16 Å². The SMILES string of the molecule is CC(=O)OCc1ccc(OC(=O)OC2/C=C/CCCCC2)cc1. The second kappa shape index (κ2) is 8.98. The minimum absolute atomic E-state index is 0.201. The lowest BCUT2D eigenvalue weighted by Gasteiger charge is -2.15. The third-order valence-electron chi connectivity index (χ3n) is 3.52. The zero-order valence-electron chi connectivity index (χ0n) is 13.3. The molecule has 0 spiro atoms. The Hall–Kier alpha value is -2.30. The first-order valence-electron chi connectivity index (χ1n) is 7.91. The van der Waals surface area contributed by atoms with Crippen LogP contribution in [0.5, 0.6) is 5.75 Å². The van der Waals surface area contributed by atoms with E-state index in [1.807, 2.05) is 6.08 Å². The summed E-state index contributed by atoms with van der Waals surface area (Å²) in [6, 6.07) is 6.77. The van der Waals surface area contributed by atoms with Crippen molar-refractivity contribution in [2.24, 2.45) is 0 Å². The highest BCUT2D eigenvalue weighted by Gasteiger charge is 2.14. The fourth-order valence-corrected chi connectivity index (χ4v) is 2.31. The van der Waals surface area contributed by atoms with Gasteiger partial charge in [-0.25, -0.2) is 4.79 Å². The molecule has 0 heterocycles. The molecule has 1 aliphatic rings. The Morgan fingerprint density at radius 1 is 1.13 bits per heavy atom. The van der Waals surface area contributed by atoms with Gasteiger partial charge in [0.25, 0.3) is 0 Å². The molecule has 1 atom stereocenters. The summed E-state index contributed by atoms with van der Waals surface area (Å²) in [6.07, 6.45) is 8.32.